The van der Waals surface area contributed by atoms with Crippen LogP contribution < -0.4 is 5.73 Å². The number of carbonyl (C=O) groups excluding carboxylic acids is 1. The van der Waals surface area contributed by atoms with Crippen LogP contribution in [0, 0.1) is 17.8 Å². The third-order valence-corrected chi connectivity index (χ3v) is 5.60. The summed E-state index contributed by atoms with van der Waals surface area (Å²) in [6.45, 7) is 3.74. The fourth-order valence-electron chi connectivity index (χ4n) is 4.29. The Balaban J connectivity index is 1.54. The monoisotopic (exact) mass is 270 g/mol. The molecule has 1 aromatic carbocycles. The van der Waals surface area contributed by atoms with Gasteiger partial charge in [0.1, 0.15) is 0 Å². The topological polar surface area (TPSA) is 46.3 Å². The summed E-state index contributed by atoms with van der Waals surface area (Å²) in [5.74, 6) is 2.10. The van der Waals surface area contributed by atoms with Crippen LogP contribution in [-0.4, -0.2) is 29.9 Å². The minimum atomic E-state index is 0.159. The minimum Gasteiger partial charge on any atom is -0.341 e. The number of hydrogen-bond donors (Lipinski definition) is 1. The van der Waals surface area contributed by atoms with Gasteiger partial charge in [0.05, 0.1) is 0 Å². The second-order valence-corrected chi connectivity index (χ2v) is 6.84. The van der Waals surface area contributed by atoms with Gasteiger partial charge in [-0.1, -0.05) is 31.2 Å². The van der Waals surface area contributed by atoms with E-state index in [-0.39, 0.29) is 12.0 Å². The molecule has 106 valence electrons. The van der Waals surface area contributed by atoms with Gasteiger partial charge in [-0.15, -0.1) is 0 Å². The highest BCUT2D eigenvalue weighted by molar-refractivity contribution is 5.84. The van der Waals surface area contributed by atoms with E-state index in [4.69, 9.17) is 5.73 Å². The van der Waals surface area contributed by atoms with Crippen LogP contribution in [0.15, 0.2) is 24.3 Å². The number of fused-ring (bicyclic) bond motifs is 3. The van der Waals surface area contributed by atoms with Crippen molar-refractivity contribution in [1.29, 1.82) is 0 Å². The number of aryl methyl sites for hydroxylation is 1. The van der Waals surface area contributed by atoms with E-state index in [0.717, 1.165) is 19.5 Å². The molecule has 1 aliphatic heterocycles. The molecule has 0 aromatic heterocycles. The Labute approximate surface area is 120 Å². The van der Waals surface area contributed by atoms with E-state index in [1.165, 1.54) is 17.5 Å². The summed E-state index contributed by atoms with van der Waals surface area (Å²) in [7, 11) is 0. The third-order valence-electron chi connectivity index (χ3n) is 5.60. The molecule has 2 fully saturated rings. The van der Waals surface area contributed by atoms with E-state index in [1.807, 2.05) is 4.90 Å². The number of rotatable bonds is 1. The standard InChI is InChI=1S/C17H22N2O/c1-10-8-19(9-14(10)18)17(20)16-13-7-6-11-4-2-3-5-12(11)15(13)16/h2-5,10,13-16H,6-9,18H2,1H3. The largest absolute Gasteiger partial charge is 0.341 e. The molecule has 20 heavy (non-hydrogen) atoms. The first-order chi connectivity index (χ1) is 9.66. The van der Waals surface area contributed by atoms with Gasteiger partial charge in [0.25, 0.3) is 0 Å². The van der Waals surface area contributed by atoms with Crippen LogP contribution in [0.5, 0.6) is 0 Å². The van der Waals surface area contributed by atoms with Crippen molar-refractivity contribution in [3.63, 3.8) is 0 Å². The maximum Gasteiger partial charge on any atom is 0.226 e. The van der Waals surface area contributed by atoms with E-state index in [0.29, 0.717) is 23.7 Å². The van der Waals surface area contributed by atoms with E-state index in [9.17, 15) is 4.79 Å². The van der Waals surface area contributed by atoms with E-state index in [1.54, 1.807) is 0 Å². The zero-order valence-electron chi connectivity index (χ0n) is 12.0. The van der Waals surface area contributed by atoms with Gasteiger partial charge in [0.2, 0.25) is 5.91 Å². The Bertz CT molecular complexity index is 546. The van der Waals surface area contributed by atoms with Gasteiger partial charge >= 0.3 is 0 Å². The Morgan fingerprint density at radius 3 is 2.85 bits per heavy atom. The molecule has 2 aliphatic carbocycles. The van der Waals surface area contributed by atoms with Crippen molar-refractivity contribution in [2.24, 2.45) is 23.5 Å². The first-order valence-electron chi connectivity index (χ1n) is 7.79. The Hall–Kier alpha value is -1.35. The van der Waals surface area contributed by atoms with E-state index >= 15 is 0 Å². The van der Waals surface area contributed by atoms with Crippen LogP contribution in [-0.2, 0) is 11.2 Å². The summed E-state index contributed by atoms with van der Waals surface area (Å²) in [6, 6.07) is 8.82. The molecule has 3 heteroatoms. The lowest BCUT2D eigenvalue weighted by Crippen LogP contribution is -2.33. The van der Waals surface area contributed by atoms with Crippen molar-refractivity contribution in [2.45, 2.75) is 31.7 Å². The number of carbonyl (C=O) groups is 1. The maximum atomic E-state index is 12.7. The Morgan fingerprint density at radius 1 is 1.30 bits per heavy atom. The van der Waals surface area contributed by atoms with Gasteiger partial charge in [0.15, 0.2) is 0 Å². The molecule has 0 bridgehead atoms. The van der Waals surface area contributed by atoms with Crippen LogP contribution in [0.4, 0.5) is 0 Å². The van der Waals surface area contributed by atoms with E-state index < -0.39 is 0 Å². The molecule has 1 saturated heterocycles. The van der Waals surface area contributed by atoms with Gasteiger partial charge < -0.3 is 10.6 Å². The zero-order valence-corrected chi connectivity index (χ0v) is 12.0. The second kappa shape index (κ2) is 4.32. The highest BCUT2D eigenvalue weighted by Crippen LogP contribution is 2.60. The molecule has 5 unspecified atom stereocenters. The number of amides is 1. The third kappa shape index (κ3) is 1.72. The van der Waals surface area contributed by atoms with Gasteiger partial charge in [-0.05, 0) is 41.7 Å². The second-order valence-electron chi connectivity index (χ2n) is 6.84. The Morgan fingerprint density at radius 2 is 2.10 bits per heavy atom. The summed E-state index contributed by atoms with van der Waals surface area (Å²) in [5, 5.41) is 0. The average molecular weight is 270 g/mol. The van der Waals surface area contributed by atoms with Crippen LogP contribution >= 0.6 is 0 Å². The summed E-state index contributed by atoms with van der Waals surface area (Å²) in [5.41, 5.74) is 8.94. The molecule has 2 N–H and O–H groups in total. The van der Waals surface area contributed by atoms with Gasteiger partial charge in [0, 0.05) is 25.0 Å². The summed E-state index contributed by atoms with van der Waals surface area (Å²) in [6.07, 6.45) is 2.31. The fraction of sp³-hybridized carbons (Fsp3) is 0.588. The molecule has 5 atom stereocenters. The Kier molecular flexibility index (Phi) is 2.68. The number of likely N-dealkylation sites (tertiary alicyclic amines) is 1. The predicted octanol–water partition coefficient (Wildman–Crippen LogP) is 1.77. The highest BCUT2D eigenvalue weighted by atomic mass is 16.2. The van der Waals surface area contributed by atoms with Crippen molar-refractivity contribution in [2.75, 3.05) is 13.1 Å². The van der Waals surface area contributed by atoms with E-state index in [2.05, 4.69) is 31.2 Å². The summed E-state index contributed by atoms with van der Waals surface area (Å²) >= 11 is 0. The van der Waals surface area contributed by atoms with Crippen LogP contribution in [0.2, 0.25) is 0 Å². The fourth-order valence-corrected chi connectivity index (χ4v) is 4.29. The van der Waals surface area contributed by atoms with Crippen molar-refractivity contribution in [3.05, 3.63) is 35.4 Å². The number of hydrogen-bond acceptors (Lipinski definition) is 2. The smallest absolute Gasteiger partial charge is 0.226 e. The lowest BCUT2D eigenvalue weighted by molar-refractivity contribution is -0.132. The van der Waals surface area contributed by atoms with Gasteiger partial charge in [-0.2, -0.15) is 0 Å². The highest BCUT2D eigenvalue weighted by Gasteiger charge is 2.58. The average Bonchev–Trinajstić information content (AvgIpc) is 3.11. The van der Waals surface area contributed by atoms with Crippen LogP contribution in [0.25, 0.3) is 0 Å². The summed E-state index contributed by atoms with van der Waals surface area (Å²) in [4.78, 5) is 14.8. The molecule has 1 heterocycles. The molecule has 3 aliphatic rings. The first-order valence-corrected chi connectivity index (χ1v) is 7.79. The van der Waals surface area contributed by atoms with Crippen LogP contribution in [0.3, 0.4) is 0 Å². The van der Waals surface area contributed by atoms with Gasteiger partial charge in [-0.3, -0.25) is 4.79 Å². The predicted molar refractivity (Wildman–Crippen MR) is 78.2 cm³/mol. The van der Waals surface area contributed by atoms with Crippen molar-refractivity contribution in [3.8, 4) is 0 Å². The minimum absolute atomic E-state index is 0.159. The maximum absolute atomic E-state index is 12.7. The first kappa shape index (κ1) is 12.4. The van der Waals surface area contributed by atoms with Crippen molar-refractivity contribution in [1.82, 2.24) is 4.90 Å². The molecule has 0 spiro atoms. The lowest BCUT2D eigenvalue weighted by atomic mass is 9.92. The molecule has 1 aromatic rings. The van der Waals surface area contributed by atoms with Crippen molar-refractivity contribution < 1.29 is 4.79 Å². The number of nitrogens with two attached hydrogens (primary N) is 1. The lowest BCUT2D eigenvalue weighted by Gasteiger charge is -2.16. The molecule has 1 amide bonds. The number of nitrogens with zero attached hydrogens (tertiary/aromatic N) is 1. The molecular weight excluding hydrogens is 248 g/mol. The number of benzene rings is 1. The molecule has 3 nitrogen and oxygen atoms in total. The molecular formula is C17H22N2O. The normalized spacial score (nSPS) is 38.3. The quantitative estimate of drug-likeness (QED) is 0.845. The molecule has 4 rings (SSSR count). The molecule has 1 saturated carbocycles. The van der Waals surface area contributed by atoms with Crippen molar-refractivity contribution >= 4 is 5.91 Å². The summed E-state index contributed by atoms with van der Waals surface area (Å²) < 4.78 is 0. The molecule has 0 radical (unpaired) electrons. The van der Waals surface area contributed by atoms with Crippen LogP contribution in [0.1, 0.15) is 30.4 Å². The SMILES string of the molecule is CC1CN(C(=O)C2C3CCc4ccccc4C32)CC1N. The van der Waals surface area contributed by atoms with Gasteiger partial charge in [-0.25, -0.2) is 0 Å². The zero-order chi connectivity index (χ0) is 13.9.